The topological polar surface area (TPSA) is 67.4 Å². The summed E-state index contributed by atoms with van der Waals surface area (Å²) in [6, 6.07) is -0.530. The Morgan fingerprint density at radius 2 is 2.05 bits per heavy atom. The summed E-state index contributed by atoms with van der Waals surface area (Å²) in [6.07, 6.45) is 7.06. The summed E-state index contributed by atoms with van der Waals surface area (Å²) in [6.45, 7) is 7.28. The van der Waals surface area contributed by atoms with Crippen LogP contribution in [0, 0.1) is 5.92 Å². The van der Waals surface area contributed by atoms with Gasteiger partial charge < -0.3 is 15.4 Å². The first-order chi connectivity index (χ1) is 9.78. The van der Waals surface area contributed by atoms with Crippen molar-refractivity contribution >= 4 is 12.0 Å². The van der Waals surface area contributed by atoms with Crippen LogP contribution in [0.4, 0.5) is 4.79 Å². The molecule has 1 aliphatic carbocycles. The van der Waals surface area contributed by atoms with Crippen LogP contribution in [-0.4, -0.2) is 23.6 Å². The molecule has 5 heteroatoms. The van der Waals surface area contributed by atoms with Gasteiger partial charge in [-0.25, -0.2) is 9.59 Å². The largest absolute Gasteiger partial charge is 0.457 e. The Labute approximate surface area is 125 Å². The van der Waals surface area contributed by atoms with Crippen LogP contribution < -0.4 is 10.6 Å². The van der Waals surface area contributed by atoms with E-state index in [1.807, 2.05) is 20.8 Å². The third kappa shape index (κ3) is 3.86. The first-order valence-corrected chi connectivity index (χ1v) is 7.44. The number of esters is 1. The number of ether oxygens (including phenoxy) is 1. The SMILES string of the molecule is CC1=C(C(=O)OC(C)(C)C)C(C2CC=CCC2)NC(=O)N1. The van der Waals surface area contributed by atoms with Gasteiger partial charge in [-0.1, -0.05) is 12.2 Å². The number of nitrogens with one attached hydrogen (secondary N) is 2. The molecule has 2 atom stereocenters. The number of hydrogen-bond donors (Lipinski definition) is 2. The molecule has 21 heavy (non-hydrogen) atoms. The molecule has 2 rings (SSSR count). The van der Waals surface area contributed by atoms with E-state index < -0.39 is 5.60 Å². The fraction of sp³-hybridized carbons (Fsp3) is 0.625. The molecule has 0 radical (unpaired) electrons. The first-order valence-electron chi connectivity index (χ1n) is 7.44. The molecule has 1 aliphatic heterocycles. The Bertz CT molecular complexity index is 500. The van der Waals surface area contributed by atoms with Crippen LogP contribution in [0.3, 0.4) is 0 Å². The molecule has 0 fully saturated rings. The maximum absolute atomic E-state index is 12.5. The third-order valence-electron chi connectivity index (χ3n) is 3.70. The molecule has 0 aromatic carbocycles. The number of amides is 2. The molecule has 2 amide bonds. The fourth-order valence-corrected chi connectivity index (χ4v) is 2.81. The number of hydrogen-bond acceptors (Lipinski definition) is 3. The molecule has 116 valence electrons. The molecule has 0 saturated heterocycles. The maximum atomic E-state index is 12.5. The van der Waals surface area contributed by atoms with Crippen molar-refractivity contribution in [2.45, 2.75) is 58.6 Å². The summed E-state index contributed by atoms with van der Waals surface area (Å²) in [5.41, 5.74) is 0.584. The molecule has 2 unspecified atom stereocenters. The van der Waals surface area contributed by atoms with Gasteiger partial charge in [-0.15, -0.1) is 0 Å². The van der Waals surface area contributed by atoms with Crippen LogP contribution in [0.5, 0.6) is 0 Å². The highest BCUT2D eigenvalue weighted by molar-refractivity contribution is 5.95. The Morgan fingerprint density at radius 1 is 1.33 bits per heavy atom. The van der Waals surface area contributed by atoms with Crippen LogP contribution in [0.25, 0.3) is 0 Å². The maximum Gasteiger partial charge on any atom is 0.338 e. The predicted molar refractivity (Wildman–Crippen MR) is 80.5 cm³/mol. The number of allylic oxidation sites excluding steroid dienone is 3. The number of rotatable bonds is 2. The van der Waals surface area contributed by atoms with Crippen molar-refractivity contribution in [3.8, 4) is 0 Å². The number of carbonyl (C=O) groups is 2. The molecular weight excluding hydrogens is 268 g/mol. The molecule has 0 aromatic heterocycles. The van der Waals surface area contributed by atoms with Crippen molar-refractivity contribution in [2.24, 2.45) is 5.92 Å². The monoisotopic (exact) mass is 292 g/mol. The van der Waals surface area contributed by atoms with E-state index in [0.717, 1.165) is 19.3 Å². The smallest absolute Gasteiger partial charge is 0.338 e. The number of carbonyl (C=O) groups excluding carboxylic acids is 2. The van der Waals surface area contributed by atoms with Crippen molar-refractivity contribution in [3.63, 3.8) is 0 Å². The highest BCUT2D eigenvalue weighted by atomic mass is 16.6. The van der Waals surface area contributed by atoms with E-state index in [9.17, 15) is 9.59 Å². The highest BCUT2D eigenvalue weighted by Gasteiger charge is 2.37. The molecule has 0 spiro atoms. The van der Waals surface area contributed by atoms with E-state index >= 15 is 0 Å². The summed E-state index contributed by atoms with van der Waals surface area (Å²) >= 11 is 0. The molecule has 0 saturated carbocycles. The molecule has 2 aliphatic rings. The van der Waals surface area contributed by atoms with Crippen molar-refractivity contribution in [1.82, 2.24) is 10.6 Å². The van der Waals surface area contributed by atoms with Gasteiger partial charge in [0.05, 0.1) is 11.6 Å². The summed E-state index contributed by atoms with van der Waals surface area (Å²) in [7, 11) is 0. The van der Waals surface area contributed by atoms with Gasteiger partial charge in [-0.2, -0.15) is 0 Å². The predicted octanol–water partition coefficient (Wildman–Crippen LogP) is 2.64. The van der Waals surface area contributed by atoms with Crippen molar-refractivity contribution < 1.29 is 14.3 Å². The molecule has 0 aromatic rings. The second-order valence-corrected chi connectivity index (χ2v) is 6.66. The van der Waals surface area contributed by atoms with Crippen LogP contribution in [0.1, 0.15) is 47.0 Å². The highest BCUT2D eigenvalue weighted by Crippen LogP contribution is 2.29. The second-order valence-electron chi connectivity index (χ2n) is 6.66. The Morgan fingerprint density at radius 3 is 2.62 bits per heavy atom. The molecule has 2 N–H and O–H groups in total. The minimum absolute atomic E-state index is 0.235. The van der Waals surface area contributed by atoms with Gasteiger partial charge in [0.1, 0.15) is 5.60 Å². The van der Waals surface area contributed by atoms with Crippen LogP contribution >= 0.6 is 0 Å². The Hall–Kier alpha value is -1.78. The number of urea groups is 1. The van der Waals surface area contributed by atoms with E-state index in [-0.39, 0.29) is 24.0 Å². The van der Waals surface area contributed by atoms with Gasteiger partial charge in [0.15, 0.2) is 0 Å². The van der Waals surface area contributed by atoms with Crippen molar-refractivity contribution in [1.29, 1.82) is 0 Å². The third-order valence-corrected chi connectivity index (χ3v) is 3.70. The lowest BCUT2D eigenvalue weighted by atomic mass is 9.82. The molecule has 5 nitrogen and oxygen atoms in total. The minimum Gasteiger partial charge on any atom is -0.457 e. The average Bonchev–Trinajstić information content (AvgIpc) is 2.36. The molecule has 1 heterocycles. The lowest BCUT2D eigenvalue weighted by Gasteiger charge is -2.35. The van der Waals surface area contributed by atoms with Crippen LogP contribution in [0.2, 0.25) is 0 Å². The normalized spacial score (nSPS) is 26.2. The standard InChI is InChI=1S/C16H24N2O3/c1-10-12(14(19)21-16(2,3)4)13(18-15(20)17-10)11-8-6-5-7-9-11/h5-6,11,13H,7-9H2,1-4H3,(H2,17,18,20). The van der Waals surface area contributed by atoms with Gasteiger partial charge in [-0.05, 0) is 52.9 Å². The van der Waals surface area contributed by atoms with Gasteiger partial charge in [-0.3, -0.25) is 0 Å². The Balaban J connectivity index is 2.27. The fourth-order valence-electron chi connectivity index (χ4n) is 2.81. The lowest BCUT2D eigenvalue weighted by Crippen LogP contribution is -2.53. The second kappa shape index (κ2) is 5.92. The zero-order valence-corrected chi connectivity index (χ0v) is 13.2. The minimum atomic E-state index is -0.553. The quantitative estimate of drug-likeness (QED) is 0.607. The molecule has 0 bridgehead atoms. The van der Waals surface area contributed by atoms with Gasteiger partial charge in [0, 0.05) is 5.70 Å². The van der Waals surface area contributed by atoms with E-state index in [1.165, 1.54) is 0 Å². The lowest BCUT2D eigenvalue weighted by molar-refractivity contribution is -0.150. The van der Waals surface area contributed by atoms with Gasteiger partial charge in [0.25, 0.3) is 0 Å². The zero-order valence-electron chi connectivity index (χ0n) is 13.2. The summed E-state index contributed by atoms with van der Waals surface area (Å²) in [5.74, 6) is -0.120. The van der Waals surface area contributed by atoms with E-state index in [2.05, 4.69) is 22.8 Å². The first kappa shape index (κ1) is 15.6. The van der Waals surface area contributed by atoms with E-state index in [1.54, 1.807) is 6.92 Å². The van der Waals surface area contributed by atoms with Crippen LogP contribution in [0.15, 0.2) is 23.4 Å². The van der Waals surface area contributed by atoms with Gasteiger partial charge in [0.2, 0.25) is 0 Å². The van der Waals surface area contributed by atoms with E-state index in [0.29, 0.717) is 11.3 Å². The zero-order chi connectivity index (χ0) is 15.6. The Kier molecular flexibility index (Phi) is 4.40. The summed E-state index contributed by atoms with van der Waals surface area (Å²) in [4.78, 5) is 24.2. The van der Waals surface area contributed by atoms with Crippen LogP contribution in [-0.2, 0) is 9.53 Å². The van der Waals surface area contributed by atoms with Crippen molar-refractivity contribution in [3.05, 3.63) is 23.4 Å². The summed E-state index contributed by atoms with van der Waals surface area (Å²) in [5, 5.41) is 5.57. The summed E-state index contributed by atoms with van der Waals surface area (Å²) < 4.78 is 5.50. The van der Waals surface area contributed by atoms with Crippen molar-refractivity contribution in [2.75, 3.05) is 0 Å². The van der Waals surface area contributed by atoms with E-state index in [4.69, 9.17) is 4.74 Å². The van der Waals surface area contributed by atoms with Gasteiger partial charge >= 0.3 is 12.0 Å². The average molecular weight is 292 g/mol. The molecular formula is C16H24N2O3.